The molecule has 5 unspecified atom stereocenters. The van der Waals surface area contributed by atoms with Gasteiger partial charge in [-0.05, 0) is 96.3 Å². The number of hydrogen-bond acceptors (Lipinski definition) is 15. The van der Waals surface area contributed by atoms with Gasteiger partial charge in [0, 0.05) is 25.7 Å². The van der Waals surface area contributed by atoms with E-state index in [4.69, 9.17) is 37.0 Å². The lowest BCUT2D eigenvalue weighted by Crippen LogP contribution is -2.30. The number of esters is 4. The van der Waals surface area contributed by atoms with Crippen LogP contribution in [-0.2, 0) is 65.4 Å². The summed E-state index contributed by atoms with van der Waals surface area (Å²) in [5.74, 6) is -2.22. The number of carbonyl (C=O) groups is 4. The van der Waals surface area contributed by atoms with E-state index in [2.05, 4.69) is 113 Å². The zero-order chi connectivity index (χ0) is 69.0. The predicted molar refractivity (Wildman–Crippen MR) is 381 cm³/mol. The number of unbranched alkanes of at least 4 members (excludes halogenated alkanes) is 29. The third kappa shape index (κ3) is 66.8. The standard InChI is InChI=1S/C75H132O17P2/c1-5-9-13-17-21-25-29-31-33-34-36-37-41-44-48-52-56-60-73(78)86-66-71(92-75(80)62-58-54-50-46-42-38-35-32-30-26-22-18-14-10-6-2)68-90-94(83,84)88-64-69(76)63-87-93(81,82)89-67-70(91-74(79)61-57-53-49-45-40-28-24-20-16-12-8-4)65-85-72(77)59-55-51-47-43-39-27-23-19-15-11-7-3/h9-10,13-14,21-22,25-26,31-33,35,42,46,69-71,76H,5-8,11-12,15-20,23-24,27-30,34,36-41,43-45,47-68H2,1-4H3,(H,81,82)(H,83,84)/b13-9-,14-10-,25-21-,26-22-,33-31-,35-32-,46-42-. The van der Waals surface area contributed by atoms with Crippen molar-refractivity contribution in [3.8, 4) is 0 Å². The zero-order valence-electron chi connectivity index (χ0n) is 59.1. The highest BCUT2D eigenvalue weighted by Gasteiger charge is 2.30. The number of hydrogen-bond donors (Lipinski definition) is 3. The van der Waals surface area contributed by atoms with Crippen molar-refractivity contribution in [2.45, 2.75) is 329 Å². The predicted octanol–water partition coefficient (Wildman–Crippen LogP) is 20.7. The zero-order valence-corrected chi connectivity index (χ0v) is 60.9. The first-order chi connectivity index (χ1) is 45.7. The van der Waals surface area contributed by atoms with Crippen LogP contribution in [0.3, 0.4) is 0 Å². The van der Waals surface area contributed by atoms with E-state index in [1.165, 1.54) is 83.5 Å². The molecule has 19 heteroatoms. The summed E-state index contributed by atoms with van der Waals surface area (Å²) in [7, 11) is -9.94. The van der Waals surface area contributed by atoms with Crippen LogP contribution in [0.15, 0.2) is 85.1 Å². The molecule has 0 radical (unpaired) electrons. The maximum absolute atomic E-state index is 13.0. The van der Waals surface area contributed by atoms with E-state index >= 15 is 0 Å². The van der Waals surface area contributed by atoms with Gasteiger partial charge in [-0.15, -0.1) is 0 Å². The molecule has 0 aliphatic rings. The molecule has 5 atom stereocenters. The first-order valence-corrected chi connectivity index (χ1v) is 39.8. The van der Waals surface area contributed by atoms with Crippen LogP contribution in [0.5, 0.6) is 0 Å². The molecule has 3 N–H and O–H groups in total. The van der Waals surface area contributed by atoms with Gasteiger partial charge in [0.25, 0.3) is 0 Å². The first kappa shape index (κ1) is 90.2. The van der Waals surface area contributed by atoms with Gasteiger partial charge in [0.1, 0.15) is 19.3 Å². The molecule has 0 saturated carbocycles. The Labute approximate surface area is 570 Å². The van der Waals surface area contributed by atoms with Crippen LogP contribution in [-0.4, -0.2) is 96.7 Å². The molecule has 0 aliphatic heterocycles. The molecule has 0 aromatic rings. The van der Waals surface area contributed by atoms with Crippen molar-refractivity contribution in [3.63, 3.8) is 0 Å². The molecule has 0 spiro atoms. The van der Waals surface area contributed by atoms with Crippen LogP contribution in [0, 0.1) is 0 Å². The molecule has 17 nitrogen and oxygen atoms in total. The monoisotopic (exact) mass is 1370 g/mol. The minimum absolute atomic E-state index is 0.0415. The van der Waals surface area contributed by atoms with Gasteiger partial charge in [-0.25, -0.2) is 9.13 Å². The third-order valence-electron chi connectivity index (χ3n) is 15.4. The number of ether oxygens (including phenoxy) is 4. The van der Waals surface area contributed by atoms with Gasteiger partial charge >= 0.3 is 39.5 Å². The van der Waals surface area contributed by atoms with Gasteiger partial charge in [-0.1, -0.05) is 273 Å². The van der Waals surface area contributed by atoms with Crippen LogP contribution in [0.2, 0.25) is 0 Å². The number of carbonyl (C=O) groups excluding carboxylic acids is 4. The Bertz CT molecular complexity index is 2120. The molecule has 0 aromatic heterocycles. The van der Waals surface area contributed by atoms with Crippen molar-refractivity contribution in [3.05, 3.63) is 85.1 Å². The molecule has 0 amide bonds. The van der Waals surface area contributed by atoms with E-state index < -0.39 is 97.5 Å². The van der Waals surface area contributed by atoms with Crippen LogP contribution in [0.1, 0.15) is 310 Å². The SMILES string of the molecule is CC/C=C\C/C=C\C/C=C\C/C=C\CCCCC(=O)OC(COC(=O)CCCCCCCCC/C=C\C/C=C\C/C=C\CC)COP(=O)(O)OCC(O)COP(=O)(O)OCC(COC(=O)CCCCCCCCCCCCC)OC(=O)CCCCCCCCCCCCC. The van der Waals surface area contributed by atoms with Gasteiger partial charge in [0.2, 0.25) is 0 Å². The summed E-state index contributed by atoms with van der Waals surface area (Å²) in [4.78, 5) is 72.6. The summed E-state index contributed by atoms with van der Waals surface area (Å²) in [5, 5.41) is 10.6. The Morgan fingerprint density at radius 2 is 0.553 bits per heavy atom. The van der Waals surface area contributed by atoms with Gasteiger partial charge in [-0.2, -0.15) is 0 Å². The Hall–Kier alpha value is -3.76. The van der Waals surface area contributed by atoms with Crippen LogP contribution in [0.4, 0.5) is 0 Å². The lowest BCUT2D eigenvalue weighted by molar-refractivity contribution is -0.161. The van der Waals surface area contributed by atoms with E-state index in [9.17, 15) is 43.2 Å². The Morgan fingerprint density at radius 3 is 0.872 bits per heavy atom. The molecular weight excluding hydrogens is 1230 g/mol. The highest BCUT2D eigenvalue weighted by molar-refractivity contribution is 7.47. The topological polar surface area (TPSA) is 237 Å². The average molecular weight is 1370 g/mol. The quantitative estimate of drug-likeness (QED) is 0.0169. The Kier molecular flexibility index (Phi) is 65.1. The van der Waals surface area contributed by atoms with Crippen LogP contribution < -0.4 is 0 Å². The summed E-state index contributed by atoms with van der Waals surface area (Å²) < 4.78 is 68.3. The van der Waals surface area contributed by atoms with Crippen LogP contribution >= 0.6 is 15.6 Å². The normalized spacial score (nSPS) is 14.5. The summed E-state index contributed by atoms with van der Waals surface area (Å²) in [6.07, 6.45) is 67.4. The lowest BCUT2D eigenvalue weighted by Gasteiger charge is -2.21. The number of allylic oxidation sites excluding steroid dienone is 14. The van der Waals surface area contributed by atoms with E-state index in [0.29, 0.717) is 32.1 Å². The lowest BCUT2D eigenvalue weighted by atomic mass is 10.1. The third-order valence-corrected chi connectivity index (χ3v) is 17.3. The molecule has 0 saturated heterocycles. The Balaban J connectivity index is 5.34. The number of aliphatic hydroxyl groups is 1. The molecule has 0 bridgehead atoms. The molecule has 0 heterocycles. The first-order valence-electron chi connectivity index (χ1n) is 36.8. The van der Waals surface area contributed by atoms with Gasteiger partial charge in [-0.3, -0.25) is 37.3 Å². The maximum Gasteiger partial charge on any atom is 0.472 e. The second-order valence-corrected chi connectivity index (χ2v) is 27.4. The van der Waals surface area contributed by atoms with Crippen molar-refractivity contribution in [1.29, 1.82) is 0 Å². The summed E-state index contributed by atoms with van der Waals surface area (Å²) in [6, 6.07) is 0. The van der Waals surface area contributed by atoms with Crippen molar-refractivity contribution in [2.75, 3.05) is 39.6 Å². The summed E-state index contributed by atoms with van der Waals surface area (Å²) in [5.41, 5.74) is 0. The molecule has 94 heavy (non-hydrogen) atoms. The maximum atomic E-state index is 13.0. The van der Waals surface area contributed by atoms with E-state index in [0.717, 1.165) is 141 Å². The number of rotatable bonds is 69. The fraction of sp³-hybridized carbons (Fsp3) is 0.760. The van der Waals surface area contributed by atoms with Crippen molar-refractivity contribution in [2.24, 2.45) is 0 Å². The summed E-state index contributed by atoms with van der Waals surface area (Å²) in [6.45, 7) is 4.59. The van der Waals surface area contributed by atoms with Gasteiger partial charge in [0.05, 0.1) is 26.4 Å². The molecular formula is C75H132O17P2. The number of phosphoric acid groups is 2. The molecule has 0 aromatic carbocycles. The van der Waals surface area contributed by atoms with E-state index in [1.807, 2.05) is 0 Å². The van der Waals surface area contributed by atoms with Crippen molar-refractivity contribution in [1.82, 2.24) is 0 Å². The number of phosphoric ester groups is 2. The van der Waals surface area contributed by atoms with Crippen LogP contribution in [0.25, 0.3) is 0 Å². The van der Waals surface area contributed by atoms with Gasteiger partial charge in [0.15, 0.2) is 12.2 Å². The van der Waals surface area contributed by atoms with Crippen molar-refractivity contribution >= 4 is 39.5 Å². The highest BCUT2D eigenvalue weighted by atomic mass is 31.2. The molecule has 0 fully saturated rings. The van der Waals surface area contributed by atoms with E-state index in [1.54, 1.807) is 0 Å². The van der Waals surface area contributed by atoms with Gasteiger partial charge < -0.3 is 33.8 Å². The minimum atomic E-state index is -4.98. The summed E-state index contributed by atoms with van der Waals surface area (Å²) >= 11 is 0. The largest absolute Gasteiger partial charge is 0.472 e. The van der Waals surface area contributed by atoms with Crippen molar-refractivity contribution < 1.29 is 80.2 Å². The highest BCUT2D eigenvalue weighted by Crippen LogP contribution is 2.45. The number of aliphatic hydroxyl groups excluding tert-OH is 1. The van der Waals surface area contributed by atoms with E-state index in [-0.39, 0.29) is 25.7 Å². The second kappa shape index (κ2) is 67.8. The second-order valence-electron chi connectivity index (χ2n) is 24.5. The Morgan fingerprint density at radius 1 is 0.309 bits per heavy atom. The molecule has 0 aliphatic carbocycles. The average Bonchev–Trinajstić information content (AvgIpc) is 1.23. The molecule has 0 rings (SSSR count). The fourth-order valence-corrected chi connectivity index (χ4v) is 11.4. The fourth-order valence-electron chi connectivity index (χ4n) is 9.81. The minimum Gasteiger partial charge on any atom is -0.462 e. The molecule has 544 valence electrons. The smallest absolute Gasteiger partial charge is 0.462 e.